The van der Waals surface area contributed by atoms with E-state index in [1.807, 2.05) is 20.8 Å². The van der Waals surface area contributed by atoms with Crippen molar-refractivity contribution in [2.24, 2.45) is 0 Å². The van der Waals surface area contributed by atoms with E-state index in [9.17, 15) is 9.50 Å². The van der Waals surface area contributed by atoms with Crippen molar-refractivity contribution in [3.8, 4) is 5.75 Å². The van der Waals surface area contributed by atoms with Crippen molar-refractivity contribution in [3.63, 3.8) is 0 Å². The topological polar surface area (TPSA) is 20.2 Å². The van der Waals surface area contributed by atoms with E-state index in [1.54, 1.807) is 18.2 Å². The van der Waals surface area contributed by atoms with E-state index >= 15 is 0 Å². The molecule has 0 atom stereocenters. The second kappa shape index (κ2) is 3.98. The standard InChI is InChI=1S/C14H14BrFO/c1-14(2,3)10-7-9(17)6-8-4-5-11(16)13(15)12(8)10/h4-7,17H,1-3H3. The highest BCUT2D eigenvalue weighted by Crippen LogP contribution is 2.38. The minimum absolute atomic E-state index is 0.159. The van der Waals surface area contributed by atoms with Gasteiger partial charge in [-0.05, 0) is 50.5 Å². The second-order valence-electron chi connectivity index (χ2n) is 5.20. The molecule has 1 N–H and O–H groups in total. The predicted molar refractivity (Wildman–Crippen MR) is 72.0 cm³/mol. The summed E-state index contributed by atoms with van der Waals surface area (Å²) in [5, 5.41) is 11.4. The summed E-state index contributed by atoms with van der Waals surface area (Å²) in [6, 6.07) is 6.43. The van der Waals surface area contributed by atoms with E-state index in [2.05, 4.69) is 15.9 Å². The van der Waals surface area contributed by atoms with Crippen LogP contribution in [0.15, 0.2) is 28.7 Å². The van der Waals surface area contributed by atoms with Crippen molar-refractivity contribution < 1.29 is 9.50 Å². The van der Waals surface area contributed by atoms with Gasteiger partial charge in [0, 0.05) is 5.39 Å². The monoisotopic (exact) mass is 296 g/mol. The molecule has 17 heavy (non-hydrogen) atoms. The Hall–Kier alpha value is -1.09. The zero-order chi connectivity index (χ0) is 12.8. The van der Waals surface area contributed by atoms with Gasteiger partial charge in [0.05, 0.1) is 4.47 Å². The molecule has 0 heterocycles. The van der Waals surface area contributed by atoms with Gasteiger partial charge in [0.25, 0.3) is 0 Å². The average Bonchev–Trinajstić information content (AvgIpc) is 2.21. The van der Waals surface area contributed by atoms with Gasteiger partial charge in [-0.3, -0.25) is 0 Å². The Morgan fingerprint density at radius 1 is 1.18 bits per heavy atom. The number of hydrogen-bond acceptors (Lipinski definition) is 1. The van der Waals surface area contributed by atoms with Crippen LogP contribution >= 0.6 is 15.9 Å². The molecule has 2 aromatic carbocycles. The quantitative estimate of drug-likeness (QED) is 0.744. The highest BCUT2D eigenvalue weighted by Gasteiger charge is 2.20. The van der Waals surface area contributed by atoms with Crippen LogP contribution in [0.25, 0.3) is 10.8 Å². The Kier molecular flexibility index (Phi) is 2.90. The maximum absolute atomic E-state index is 13.6. The number of hydrogen-bond donors (Lipinski definition) is 1. The van der Waals surface area contributed by atoms with Gasteiger partial charge in [0.2, 0.25) is 0 Å². The third-order valence-corrected chi connectivity index (χ3v) is 3.58. The fraction of sp³-hybridized carbons (Fsp3) is 0.286. The van der Waals surface area contributed by atoms with Crippen LogP contribution in [0.2, 0.25) is 0 Å². The predicted octanol–water partition coefficient (Wildman–Crippen LogP) is 4.74. The summed E-state index contributed by atoms with van der Waals surface area (Å²) in [5.74, 6) is -0.0744. The molecule has 2 rings (SSSR count). The molecular formula is C14H14BrFO. The normalized spacial score (nSPS) is 12.1. The molecule has 0 aliphatic rings. The molecule has 0 aliphatic heterocycles. The summed E-state index contributed by atoms with van der Waals surface area (Å²) < 4.78 is 14.1. The zero-order valence-electron chi connectivity index (χ0n) is 10.0. The molecule has 0 radical (unpaired) electrons. The SMILES string of the molecule is CC(C)(C)c1cc(O)cc2ccc(F)c(Br)c12. The number of aromatic hydroxyl groups is 1. The number of halogens is 2. The maximum Gasteiger partial charge on any atom is 0.138 e. The molecule has 3 heteroatoms. The van der Waals surface area contributed by atoms with Gasteiger partial charge in [-0.25, -0.2) is 4.39 Å². The lowest BCUT2D eigenvalue weighted by Gasteiger charge is -2.22. The third-order valence-electron chi connectivity index (χ3n) is 2.80. The molecule has 0 unspecified atom stereocenters. The lowest BCUT2D eigenvalue weighted by Crippen LogP contribution is -2.12. The van der Waals surface area contributed by atoms with Gasteiger partial charge in [-0.15, -0.1) is 0 Å². The van der Waals surface area contributed by atoms with E-state index in [0.717, 1.165) is 16.3 Å². The lowest BCUT2D eigenvalue weighted by atomic mass is 9.83. The first-order valence-electron chi connectivity index (χ1n) is 5.42. The molecule has 0 spiro atoms. The molecule has 0 fully saturated rings. The number of fused-ring (bicyclic) bond motifs is 1. The summed E-state index contributed by atoms with van der Waals surface area (Å²) in [6.45, 7) is 6.12. The van der Waals surface area contributed by atoms with Crippen LogP contribution in [0.4, 0.5) is 4.39 Å². The Labute approximate surface area is 108 Å². The first-order chi connectivity index (χ1) is 7.80. The molecule has 0 bridgehead atoms. The Balaban J connectivity index is 2.95. The molecule has 0 aliphatic carbocycles. The Morgan fingerprint density at radius 2 is 1.82 bits per heavy atom. The molecule has 0 amide bonds. The first kappa shape index (κ1) is 12.4. The summed E-state index contributed by atoms with van der Waals surface area (Å²) in [4.78, 5) is 0. The fourth-order valence-corrected chi connectivity index (χ4v) is 2.55. The minimum Gasteiger partial charge on any atom is -0.508 e. The summed E-state index contributed by atoms with van der Waals surface area (Å²) in [6.07, 6.45) is 0. The van der Waals surface area contributed by atoms with Crippen molar-refractivity contribution in [2.75, 3.05) is 0 Å². The van der Waals surface area contributed by atoms with Crippen LogP contribution < -0.4 is 0 Å². The van der Waals surface area contributed by atoms with Gasteiger partial charge in [0.1, 0.15) is 11.6 Å². The van der Waals surface area contributed by atoms with Gasteiger partial charge in [0.15, 0.2) is 0 Å². The molecule has 0 saturated carbocycles. The highest BCUT2D eigenvalue weighted by atomic mass is 79.9. The van der Waals surface area contributed by atoms with Crippen molar-refractivity contribution in [1.29, 1.82) is 0 Å². The van der Waals surface area contributed by atoms with Crippen molar-refractivity contribution in [3.05, 3.63) is 40.1 Å². The molecule has 90 valence electrons. The summed E-state index contributed by atoms with van der Waals surface area (Å²) in [7, 11) is 0. The third kappa shape index (κ3) is 2.16. The van der Waals surface area contributed by atoms with E-state index < -0.39 is 0 Å². The fourth-order valence-electron chi connectivity index (χ4n) is 1.97. The molecule has 0 aromatic heterocycles. The largest absolute Gasteiger partial charge is 0.508 e. The average molecular weight is 297 g/mol. The van der Waals surface area contributed by atoms with E-state index in [1.165, 1.54) is 6.07 Å². The van der Waals surface area contributed by atoms with Crippen molar-refractivity contribution in [2.45, 2.75) is 26.2 Å². The number of rotatable bonds is 0. The van der Waals surface area contributed by atoms with Crippen molar-refractivity contribution in [1.82, 2.24) is 0 Å². The zero-order valence-corrected chi connectivity index (χ0v) is 11.6. The van der Waals surface area contributed by atoms with Gasteiger partial charge < -0.3 is 5.11 Å². The molecule has 1 nitrogen and oxygen atoms in total. The van der Waals surface area contributed by atoms with Crippen LogP contribution in [0.5, 0.6) is 5.75 Å². The summed E-state index contributed by atoms with van der Waals surface area (Å²) >= 11 is 3.29. The number of phenols is 1. The molecular weight excluding hydrogens is 283 g/mol. The van der Waals surface area contributed by atoms with E-state index in [-0.39, 0.29) is 17.0 Å². The van der Waals surface area contributed by atoms with Crippen LogP contribution in [-0.4, -0.2) is 5.11 Å². The minimum atomic E-state index is -0.284. The van der Waals surface area contributed by atoms with Gasteiger partial charge >= 0.3 is 0 Å². The van der Waals surface area contributed by atoms with Crippen LogP contribution in [0.1, 0.15) is 26.3 Å². The second-order valence-corrected chi connectivity index (χ2v) is 6.00. The Bertz CT molecular complexity index is 585. The van der Waals surface area contributed by atoms with Crippen LogP contribution in [0, 0.1) is 5.82 Å². The molecule has 2 aromatic rings. The van der Waals surface area contributed by atoms with Crippen LogP contribution in [-0.2, 0) is 5.41 Å². The maximum atomic E-state index is 13.6. The van der Waals surface area contributed by atoms with E-state index in [0.29, 0.717) is 4.47 Å². The van der Waals surface area contributed by atoms with Gasteiger partial charge in [-0.1, -0.05) is 26.8 Å². The van der Waals surface area contributed by atoms with Crippen molar-refractivity contribution >= 4 is 26.7 Å². The Morgan fingerprint density at radius 3 is 2.41 bits per heavy atom. The summed E-state index contributed by atoms with van der Waals surface area (Å²) in [5.41, 5.74) is 0.770. The first-order valence-corrected chi connectivity index (χ1v) is 6.21. The highest BCUT2D eigenvalue weighted by molar-refractivity contribution is 9.10. The lowest BCUT2D eigenvalue weighted by molar-refractivity contribution is 0.472. The molecule has 0 saturated heterocycles. The number of phenolic OH excluding ortho intramolecular Hbond substituents is 1. The van der Waals surface area contributed by atoms with E-state index in [4.69, 9.17) is 0 Å². The number of benzene rings is 2. The van der Waals surface area contributed by atoms with Crippen LogP contribution in [0.3, 0.4) is 0 Å². The smallest absolute Gasteiger partial charge is 0.138 e. The van der Waals surface area contributed by atoms with Gasteiger partial charge in [-0.2, -0.15) is 0 Å².